The fourth-order valence-corrected chi connectivity index (χ4v) is 2.38. The van der Waals surface area contributed by atoms with E-state index in [0.29, 0.717) is 5.92 Å². The van der Waals surface area contributed by atoms with E-state index in [-0.39, 0.29) is 10.6 Å². The van der Waals surface area contributed by atoms with Crippen LogP contribution in [0.3, 0.4) is 0 Å². The van der Waals surface area contributed by atoms with Crippen LogP contribution in [0.2, 0.25) is 0 Å². The summed E-state index contributed by atoms with van der Waals surface area (Å²) >= 11 is 4.76. The molecule has 2 rings (SSSR count). The number of thiocarbonyl (C=S) groups is 1. The minimum atomic E-state index is -4.44. The number of hydrogen-bond donors (Lipinski definition) is 1. The van der Waals surface area contributed by atoms with Crippen LogP contribution in [-0.2, 0) is 6.18 Å². The predicted molar refractivity (Wildman–Crippen MR) is 77.9 cm³/mol. The molecule has 0 saturated heterocycles. The molecule has 0 aromatic heterocycles. The van der Waals surface area contributed by atoms with Gasteiger partial charge < -0.3 is 10.6 Å². The third-order valence-electron chi connectivity index (χ3n) is 3.50. The van der Waals surface area contributed by atoms with E-state index in [1.54, 1.807) is 0 Å². The van der Waals surface area contributed by atoms with Gasteiger partial charge in [-0.25, -0.2) is 0 Å². The average Bonchev–Trinajstić information content (AvgIpc) is 3.18. The van der Waals surface area contributed by atoms with Crippen molar-refractivity contribution in [1.29, 1.82) is 0 Å². The molecule has 1 aliphatic carbocycles. The Bertz CT molecular complexity index is 510. The Balaban J connectivity index is 2.35. The van der Waals surface area contributed by atoms with Crippen LogP contribution in [0.25, 0.3) is 0 Å². The molecule has 1 fully saturated rings. The molecule has 0 heterocycles. The summed E-state index contributed by atoms with van der Waals surface area (Å²) in [4.78, 5) is 1.85. The van der Waals surface area contributed by atoms with Crippen molar-refractivity contribution in [3.63, 3.8) is 0 Å². The summed E-state index contributed by atoms with van der Waals surface area (Å²) in [5.41, 5.74) is 5.33. The van der Waals surface area contributed by atoms with Gasteiger partial charge >= 0.3 is 6.18 Å². The van der Waals surface area contributed by atoms with Crippen LogP contribution in [0.5, 0.6) is 0 Å². The second kappa shape index (κ2) is 5.60. The third-order valence-corrected chi connectivity index (χ3v) is 3.72. The van der Waals surface area contributed by atoms with Gasteiger partial charge in [-0.2, -0.15) is 13.2 Å². The molecule has 2 nitrogen and oxygen atoms in total. The zero-order chi connectivity index (χ0) is 14.9. The number of nitrogens with two attached hydrogens (primary N) is 1. The van der Waals surface area contributed by atoms with E-state index in [0.717, 1.165) is 24.8 Å². The van der Waals surface area contributed by atoms with Crippen molar-refractivity contribution in [2.75, 3.05) is 18.0 Å². The topological polar surface area (TPSA) is 29.3 Å². The van der Waals surface area contributed by atoms with Gasteiger partial charge in [0.05, 0.1) is 5.56 Å². The van der Waals surface area contributed by atoms with E-state index in [2.05, 4.69) is 4.90 Å². The van der Waals surface area contributed by atoms with E-state index in [4.69, 9.17) is 18.0 Å². The standard InChI is InChI=1S/C14H17F3N2S/c1-2-19(8-9-3-4-9)10-5-6-12(14(15,16)17)11(7-10)13(18)20/h5-7,9H,2-4,8H2,1H3,(H2,18,20). The fourth-order valence-electron chi connectivity index (χ4n) is 2.21. The maximum absolute atomic E-state index is 12.9. The Kier molecular flexibility index (Phi) is 4.22. The Labute approximate surface area is 121 Å². The maximum Gasteiger partial charge on any atom is 0.417 e. The molecule has 1 aromatic carbocycles. The zero-order valence-corrected chi connectivity index (χ0v) is 12.0. The summed E-state index contributed by atoms with van der Waals surface area (Å²) < 4.78 is 38.7. The zero-order valence-electron chi connectivity index (χ0n) is 11.2. The normalized spacial score (nSPS) is 15.2. The van der Waals surface area contributed by atoms with Crippen LogP contribution in [0, 0.1) is 5.92 Å². The van der Waals surface area contributed by atoms with Gasteiger partial charge in [-0.15, -0.1) is 0 Å². The highest BCUT2D eigenvalue weighted by molar-refractivity contribution is 7.80. The van der Waals surface area contributed by atoms with Gasteiger partial charge in [-0.3, -0.25) is 0 Å². The fraction of sp³-hybridized carbons (Fsp3) is 0.500. The van der Waals surface area contributed by atoms with E-state index in [1.807, 2.05) is 6.92 Å². The lowest BCUT2D eigenvalue weighted by atomic mass is 10.1. The monoisotopic (exact) mass is 302 g/mol. The summed E-state index contributed by atoms with van der Waals surface area (Å²) in [6.07, 6.45) is -2.05. The Morgan fingerprint density at radius 3 is 2.50 bits per heavy atom. The van der Waals surface area contributed by atoms with Crippen LogP contribution in [-0.4, -0.2) is 18.1 Å². The number of alkyl halides is 3. The number of benzene rings is 1. The lowest BCUT2D eigenvalue weighted by molar-refractivity contribution is -0.137. The number of hydrogen-bond acceptors (Lipinski definition) is 2. The predicted octanol–water partition coefficient (Wildman–Crippen LogP) is 3.58. The molecule has 0 aliphatic heterocycles. The van der Waals surface area contributed by atoms with Crippen LogP contribution in [0.4, 0.5) is 18.9 Å². The molecular weight excluding hydrogens is 285 g/mol. The Hall–Kier alpha value is -1.30. The summed E-state index contributed by atoms with van der Waals surface area (Å²) in [5, 5.41) is 0. The maximum atomic E-state index is 12.9. The Morgan fingerprint density at radius 2 is 2.05 bits per heavy atom. The highest BCUT2D eigenvalue weighted by Gasteiger charge is 2.34. The first-order chi connectivity index (χ1) is 9.32. The van der Waals surface area contributed by atoms with Crippen molar-refractivity contribution in [2.45, 2.75) is 25.9 Å². The van der Waals surface area contributed by atoms with Crippen LogP contribution < -0.4 is 10.6 Å². The quantitative estimate of drug-likeness (QED) is 0.843. The second-order valence-corrected chi connectivity index (χ2v) is 5.51. The SMILES string of the molecule is CCN(CC1CC1)c1ccc(C(F)(F)F)c(C(N)=S)c1. The van der Waals surface area contributed by atoms with Crippen molar-refractivity contribution in [1.82, 2.24) is 0 Å². The van der Waals surface area contributed by atoms with Gasteiger partial charge in [0.2, 0.25) is 0 Å². The van der Waals surface area contributed by atoms with Crippen molar-refractivity contribution in [2.24, 2.45) is 11.7 Å². The third kappa shape index (κ3) is 3.42. The molecule has 0 unspecified atom stereocenters. The molecule has 110 valence electrons. The van der Waals surface area contributed by atoms with Gasteiger partial charge in [0.25, 0.3) is 0 Å². The van der Waals surface area contributed by atoms with E-state index < -0.39 is 11.7 Å². The number of rotatable bonds is 5. The number of anilines is 1. The molecule has 1 aromatic rings. The van der Waals surface area contributed by atoms with E-state index in [9.17, 15) is 13.2 Å². The van der Waals surface area contributed by atoms with Crippen molar-refractivity contribution in [3.05, 3.63) is 29.3 Å². The molecule has 20 heavy (non-hydrogen) atoms. The summed E-state index contributed by atoms with van der Waals surface area (Å²) in [6.45, 7) is 3.61. The minimum Gasteiger partial charge on any atom is -0.389 e. The smallest absolute Gasteiger partial charge is 0.389 e. The van der Waals surface area contributed by atoms with Gasteiger partial charge in [0, 0.05) is 24.3 Å². The van der Waals surface area contributed by atoms with Gasteiger partial charge in [0.15, 0.2) is 0 Å². The van der Waals surface area contributed by atoms with Gasteiger partial charge in [-0.05, 0) is 43.9 Å². The van der Waals surface area contributed by atoms with Crippen molar-refractivity contribution in [3.8, 4) is 0 Å². The second-order valence-electron chi connectivity index (χ2n) is 5.07. The largest absolute Gasteiger partial charge is 0.417 e. The summed E-state index contributed by atoms with van der Waals surface area (Å²) in [7, 11) is 0. The molecular formula is C14H17F3N2S. The summed E-state index contributed by atoms with van der Waals surface area (Å²) in [6, 6.07) is 4.02. The number of nitrogens with zero attached hydrogens (tertiary/aromatic N) is 1. The van der Waals surface area contributed by atoms with Crippen LogP contribution >= 0.6 is 12.2 Å². The molecule has 0 bridgehead atoms. The van der Waals surface area contributed by atoms with E-state index >= 15 is 0 Å². The minimum absolute atomic E-state index is 0.0979. The van der Waals surface area contributed by atoms with Crippen LogP contribution in [0.1, 0.15) is 30.9 Å². The molecule has 6 heteroatoms. The van der Waals surface area contributed by atoms with E-state index in [1.165, 1.54) is 25.0 Å². The van der Waals surface area contributed by atoms with Crippen molar-refractivity contribution >= 4 is 22.9 Å². The van der Waals surface area contributed by atoms with Gasteiger partial charge in [-0.1, -0.05) is 12.2 Å². The molecule has 1 aliphatic rings. The van der Waals surface area contributed by atoms with Crippen molar-refractivity contribution < 1.29 is 13.2 Å². The average molecular weight is 302 g/mol. The first kappa shape index (κ1) is 15.1. The highest BCUT2D eigenvalue weighted by atomic mass is 32.1. The molecule has 0 spiro atoms. The highest BCUT2D eigenvalue weighted by Crippen LogP contribution is 2.35. The molecule has 0 atom stereocenters. The van der Waals surface area contributed by atoms with Crippen LogP contribution in [0.15, 0.2) is 18.2 Å². The molecule has 1 saturated carbocycles. The molecule has 0 radical (unpaired) electrons. The van der Waals surface area contributed by atoms with Gasteiger partial charge in [0.1, 0.15) is 4.99 Å². The lowest BCUT2D eigenvalue weighted by Gasteiger charge is -2.24. The Morgan fingerprint density at radius 1 is 1.40 bits per heavy atom. The summed E-state index contributed by atoms with van der Waals surface area (Å²) in [5.74, 6) is 0.658. The first-order valence-corrected chi connectivity index (χ1v) is 6.99. The number of halogens is 3. The first-order valence-electron chi connectivity index (χ1n) is 6.59. The lowest BCUT2D eigenvalue weighted by Crippen LogP contribution is -2.26. The molecule has 2 N–H and O–H groups in total. The molecule has 0 amide bonds.